The Morgan fingerprint density at radius 3 is 1.84 bits per heavy atom. The summed E-state index contributed by atoms with van der Waals surface area (Å²) in [5.41, 5.74) is 5.77. The summed E-state index contributed by atoms with van der Waals surface area (Å²) in [5.74, 6) is 1.08. The number of rotatable bonds is 17. The molecule has 0 radical (unpaired) electrons. The van der Waals surface area contributed by atoms with Gasteiger partial charge in [-0.15, -0.1) is 0 Å². The van der Waals surface area contributed by atoms with Gasteiger partial charge in [-0.05, 0) is 76.6 Å². The molecular weight excluding hydrogens is 793 g/mol. The largest absolute Gasteiger partial charge is 0.453 e. The van der Waals surface area contributed by atoms with Crippen molar-refractivity contribution in [2.45, 2.75) is 79.1 Å². The van der Waals surface area contributed by atoms with E-state index in [1.807, 2.05) is 57.8 Å². The summed E-state index contributed by atoms with van der Waals surface area (Å²) in [6.45, 7) is 12.9. The van der Waals surface area contributed by atoms with Gasteiger partial charge in [-0.25, -0.2) is 19.6 Å². The first kappa shape index (κ1) is 44.7. The molecule has 15 heteroatoms. The molecule has 0 spiro atoms. The molecule has 14 nitrogen and oxygen atoms in total. The second-order valence-electron chi connectivity index (χ2n) is 16.9. The van der Waals surface area contributed by atoms with Crippen LogP contribution < -0.4 is 10.6 Å². The number of ether oxygens (including phenoxy) is 2. The number of nitrogens with one attached hydrogen (secondary N) is 4. The zero-order chi connectivity index (χ0) is 44.0. The minimum Gasteiger partial charge on any atom is -0.453 e. The van der Waals surface area contributed by atoms with Crippen LogP contribution in [0.2, 0.25) is 0 Å². The molecule has 4 amide bonds. The number of H-pyrrole nitrogens is 2. The van der Waals surface area contributed by atoms with Crippen LogP contribution in [0, 0.1) is 17.3 Å². The summed E-state index contributed by atoms with van der Waals surface area (Å²) in [4.78, 5) is 71.2. The van der Waals surface area contributed by atoms with E-state index in [4.69, 9.17) is 14.5 Å². The summed E-state index contributed by atoms with van der Waals surface area (Å²) in [7, 11) is 2.57. The van der Waals surface area contributed by atoms with Gasteiger partial charge in [0, 0.05) is 24.4 Å². The van der Waals surface area contributed by atoms with Crippen molar-refractivity contribution in [3.8, 4) is 33.6 Å². The van der Waals surface area contributed by atoms with E-state index < -0.39 is 24.3 Å². The molecule has 1 aliphatic carbocycles. The molecule has 4 N–H and O–H groups in total. The lowest BCUT2D eigenvalue weighted by Crippen LogP contribution is -2.53. The molecule has 3 atom stereocenters. The van der Waals surface area contributed by atoms with Crippen molar-refractivity contribution in [2.75, 3.05) is 33.1 Å². The van der Waals surface area contributed by atoms with E-state index in [1.54, 1.807) is 11.1 Å². The predicted octanol–water partition coefficient (Wildman–Crippen LogP) is 8.00. The number of hydrogen-bond donors (Lipinski definition) is 5. The normalized spacial score (nSPS) is 14.6. The van der Waals surface area contributed by atoms with E-state index >= 15 is 0 Å². The molecule has 1 fully saturated rings. The van der Waals surface area contributed by atoms with Crippen LogP contribution in [0.1, 0.15) is 72.1 Å². The zero-order valence-corrected chi connectivity index (χ0v) is 37.1. The Morgan fingerprint density at radius 2 is 1.26 bits per heavy atom. The summed E-state index contributed by atoms with van der Waals surface area (Å²) in [6.07, 6.45) is 4.37. The molecule has 1 aliphatic rings. The monoisotopic (exact) mass is 850 g/mol. The number of thiol groups is 1. The molecule has 0 unspecified atom stereocenters. The highest BCUT2D eigenvalue weighted by molar-refractivity contribution is 7.80. The summed E-state index contributed by atoms with van der Waals surface area (Å²) < 4.78 is 9.56. The first-order valence-electron chi connectivity index (χ1n) is 20.8. The number of carbonyl (C=O) groups excluding carboxylic acids is 4. The van der Waals surface area contributed by atoms with Gasteiger partial charge in [-0.1, -0.05) is 83.1 Å². The lowest BCUT2D eigenvalue weighted by molar-refractivity contribution is -0.138. The van der Waals surface area contributed by atoms with Crippen molar-refractivity contribution in [3.05, 3.63) is 84.7 Å². The number of alkyl carbamates (subject to hydrolysis) is 2. The molecule has 2 aromatic heterocycles. The fraction of sp³-hybridized carbons (Fsp3) is 0.435. The number of fused-ring (bicyclic) bond motifs is 1. The molecule has 6 rings (SSSR count). The third-order valence-electron chi connectivity index (χ3n) is 11.5. The van der Waals surface area contributed by atoms with E-state index in [-0.39, 0.29) is 41.7 Å². The molecule has 5 aromatic rings. The van der Waals surface area contributed by atoms with Crippen molar-refractivity contribution in [1.82, 2.24) is 40.4 Å². The number of benzene rings is 3. The number of methoxy groups -OCH3 is 2. The third kappa shape index (κ3) is 10.7. The minimum absolute atomic E-state index is 0.0413. The first-order valence-corrected chi connectivity index (χ1v) is 21.4. The maximum absolute atomic E-state index is 14.0. The van der Waals surface area contributed by atoms with Crippen LogP contribution in [-0.4, -0.2) is 98.9 Å². The summed E-state index contributed by atoms with van der Waals surface area (Å²) in [6, 6.07) is 19.1. The number of aromatic nitrogens is 4. The van der Waals surface area contributed by atoms with E-state index in [2.05, 4.69) is 93.7 Å². The topological polar surface area (TPSA) is 175 Å². The van der Waals surface area contributed by atoms with Gasteiger partial charge >= 0.3 is 12.2 Å². The van der Waals surface area contributed by atoms with Gasteiger partial charge in [0.25, 0.3) is 0 Å². The van der Waals surface area contributed by atoms with Crippen molar-refractivity contribution in [1.29, 1.82) is 0 Å². The van der Waals surface area contributed by atoms with Gasteiger partial charge in [-0.2, -0.15) is 12.6 Å². The Hall–Kier alpha value is -5.83. The number of nitrogens with zero attached hydrogens (tertiary/aromatic N) is 4. The van der Waals surface area contributed by atoms with Crippen LogP contribution in [0.25, 0.3) is 44.4 Å². The predicted molar refractivity (Wildman–Crippen MR) is 240 cm³/mol. The maximum Gasteiger partial charge on any atom is 0.407 e. The fourth-order valence-electron chi connectivity index (χ4n) is 7.40. The van der Waals surface area contributed by atoms with Crippen molar-refractivity contribution in [3.63, 3.8) is 0 Å². The molecule has 0 aliphatic heterocycles. The third-order valence-corrected chi connectivity index (χ3v) is 11.7. The molecule has 0 saturated heterocycles. The van der Waals surface area contributed by atoms with Gasteiger partial charge in [0.05, 0.1) is 50.6 Å². The Bertz CT molecular complexity index is 2340. The van der Waals surface area contributed by atoms with Gasteiger partial charge in [0.15, 0.2) is 0 Å². The van der Waals surface area contributed by atoms with Crippen molar-refractivity contribution in [2.24, 2.45) is 17.3 Å². The number of imidazole rings is 2. The Balaban J connectivity index is 1.14. The van der Waals surface area contributed by atoms with Crippen LogP contribution in [0.3, 0.4) is 0 Å². The second-order valence-corrected chi connectivity index (χ2v) is 17.4. The van der Waals surface area contributed by atoms with Crippen molar-refractivity contribution < 1.29 is 28.7 Å². The molecule has 324 valence electrons. The van der Waals surface area contributed by atoms with E-state index in [0.717, 1.165) is 57.3 Å². The molecule has 2 heterocycles. The van der Waals surface area contributed by atoms with Crippen LogP contribution in [0.4, 0.5) is 9.59 Å². The van der Waals surface area contributed by atoms with Crippen molar-refractivity contribution >= 4 is 47.4 Å². The lowest BCUT2D eigenvalue weighted by atomic mass is 9.98. The number of amides is 4. The van der Waals surface area contributed by atoms with Gasteiger partial charge in [0.2, 0.25) is 11.8 Å². The molecule has 0 bridgehead atoms. The highest BCUT2D eigenvalue weighted by atomic mass is 32.1. The van der Waals surface area contributed by atoms with Crippen LogP contribution in [-0.2, 0) is 25.6 Å². The van der Waals surface area contributed by atoms with Crippen LogP contribution >= 0.6 is 12.6 Å². The molecule has 1 saturated carbocycles. The zero-order valence-electron chi connectivity index (χ0n) is 36.2. The molecular formula is C46H58N8O6S. The highest BCUT2D eigenvalue weighted by Crippen LogP contribution is 2.47. The average Bonchev–Trinajstić information content (AvgIpc) is 3.57. The van der Waals surface area contributed by atoms with Gasteiger partial charge in [-0.3, -0.25) is 9.59 Å². The SMILES string of the molecule is COC(=O)N[C@H](C(=O)N(CCS)Cc1ncc(-c2ccc(-c3ccc4cc(-c5cnc([C@H](C)N(CC6(C)CC6)C(=O)[C@@H](NC(=O)OC)C(C)C)[nH]5)ccc4c3)cc2)[nH]1)C(C)C. The minimum atomic E-state index is -0.745. The number of hydrogen-bond acceptors (Lipinski definition) is 9. The smallest absolute Gasteiger partial charge is 0.407 e. The lowest BCUT2D eigenvalue weighted by Gasteiger charge is -2.35. The number of aromatic amines is 2. The van der Waals surface area contributed by atoms with E-state index in [9.17, 15) is 19.2 Å². The Labute approximate surface area is 363 Å². The maximum atomic E-state index is 14.0. The second kappa shape index (κ2) is 19.3. The fourth-order valence-corrected chi connectivity index (χ4v) is 7.64. The Kier molecular flexibility index (Phi) is 14.1. The average molecular weight is 851 g/mol. The quantitative estimate of drug-likeness (QED) is 0.0586. The summed E-state index contributed by atoms with van der Waals surface area (Å²) >= 11 is 4.36. The van der Waals surface area contributed by atoms with E-state index in [1.165, 1.54) is 14.2 Å². The highest BCUT2D eigenvalue weighted by Gasteiger charge is 2.43. The summed E-state index contributed by atoms with van der Waals surface area (Å²) in [5, 5.41) is 7.56. The van der Waals surface area contributed by atoms with Gasteiger partial charge in [0.1, 0.15) is 23.7 Å². The van der Waals surface area contributed by atoms with Crippen LogP contribution in [0.15, 0.2) is 73.1 Å². The molecule has 3 aromatic carbocycles. The van der Waals surface area contributed by atoms with Gasteiger partial charge < -0.3 is 39.9 Å². The molecule has 61 heavy (non-hydrogen) atoms. The first-order chi connectivity index (χ1) is 29.1. The van der Waals surface area contributed by atoms with Crippen LogP contribution in [0.5, 0.6) is 0 Å². The Morgan fingerprint density at radius 1 is 0.738 bits per heavy atom. The van der Waals surface area contributed by atoms with E-state index in [0.29, 0.717) is 30.5 Å². The standard InChI is InChI=1S/C46H58N8O6S/c1-27(2)39(51-44(57)59-7)42(55)53(19-20-61)25-38-47-23-36(49-38)31-11-9-30(10-12-31)32-13-14-34-22-35(16-15-33(34)21-32)37-24-48-41(50-37)29(5)54(26-46(6)17-18-46)43(56)40(28(3)4)52-45(58)60-8/h9-16,21-24,27-29,39-40,61H,17-20,25-26H2,1-8H3,(H,47,49)(H,48,50)(H,51,57)(H,52,58)/t29-,39-,40-/m0/s1. The number of carbonyl (C=O) groups is 4.